The van der Waals surface area contributed by atoms with Gasteiger partial charge < -0.3 is 14.6 Å². The summed E-state index contributed by atoms with van der Waals surface area (Å²) in [6, 6.07) is 0. The molecule has 1 fully saturated rings. The molecule has 0 bridgehead atoms. The van der Waals surface area contributed by atoms with Crippen molar-refractivity contribution in [2.24, 2.45) is 28.6 Å². The van der Waals surface area contributed by atoms with Gasteiger partial charge in [0.25, 0.3) is 0 Å². The van der Waals surface area contributed by atoms with Crippen LogP contribution < -0.4 is 0 Å². The number of hydrogen-bond acceptors (Lipinski definition) is 5. The normalized spacial score (nSPS) is 34.0. The third-order valence-electron chi connectivity index (χ3n) is 10.6. The van der Waals surface area contributed by atoms with Crippen molar-refractivity contribution in [2.75, 3.05) is 0 Å². The van der Waals surface area contributed by atoms with Crippen LogP contribution in [0.3, 0.4) is 0 Å². The van der Waals surface area contributed by atoms with Crippen LogP contribution >= 0.6 is 0 Å². The van der Waals surface area contributed by atoms with Crippen LogP contribution in [0.1, 0.15) is 93.4 Å². The van der Waals surface area contributed by atoms with Crippen molar-refractivity contribution < 1.29 is 29.0 Å². The highest BCUT2D eigenvalue weighted by Crippen LogP contribution is 2.68. The van der Waals surface area contributed by atoms with Crippen molar-refractivity contribution >= 4 is 17.9 Å². The summed E-state index contributed by atoms with van der Waals surface area (Å²) < 4.78 is 11.6. The molecule has 3 aliphatic carbocycles. The van der Waals surface area contributed by atoms with E-state index in [1.54, 1.807) is 24.6 Å². The van der Waals surface area contributed by atoms with Crippen molar-refractivity contribution in [3.8, 4) is 0 Å². The number of cyclic esters (lactones) is 1. The molecule has 1 N–H and O–H groups in total. The average Bonchev–Trinajstić information content (AvgIpc) is 2.93. The summed E-state index contributed by atoms with van der Waals surface area (Å²) in [6.07, 6.45) is 13.7. The molecule has 4 rings (SSSR count). The fourth-order valence-corrected chi connectivity index (χ4v) is 8.17. The maximum absolute atomic E-state index is 12.2. The molecule has 0 amide bonds. The number of rotatable bonds is 6. The van der Waals surface area contributed by atoms with Crippen molar-refractivity contribution in [2.45, 2.75) is 105 Å². The molecule has 0 aromatic heterocycles. The molecule has 0 saturated heterocycles. The van der Waals surface area contributed by atoms with Crippen LogP contribution in [0, 0.1) is 28.6 Å². The number of carboxylic acid groups (broad SMARTS) is 1. The lowest BCUT2D eigenvalue weighted by atomic mass is 9.52. The van der Waals surface area contributed by atoms with E-state index in [0.717, 1.165) is 38.5 Å². The third-order valence-corrected chi connectivity index (χ3v) is 10.6. The molecule has 0 spiro atoms. The first kappa shape index (κ1) is 28.4. The second kappa shape index (κ2) is 10.2. The summed E-state index contributed by atoms with van der Waals surface area (Å²) in [4.78, 5) is 35.6. The van der Waals surface area contributed by atoms with E-state index in [0.29, 0.717) is 12.3 Å². The summed E-state index contributed by atoms with van der Waals surface area (Å²) >= 11 is 0. The molecule has 6 heteroatoms. The van der Waals surface area contributed by atoms with Crippen LogP contribution in [0.15, 0.2) is 46.6 Å². The van der Waals surface area contributed by atoms with Crippen LogP contribution in [0.2, 0.25) is 0 Å². The zero-order valence-electron chi connectivity index (χ0n) is 24.1. The molecule has 4 aliphatic rings. The number of carbonyl (C=O) groups is 3. The number of ether oxygens (including phenoxy) is 2. The summed E-state index contributed by atoms with van der Waals surface area (Å²) in [5, 5.41) is 9.31. The van der Waals surface area contributed by atoms with E-state index in [2.05, 4.69) is 26.8 Å². The Morgan fingerprint density at radius 3 is 2.50 bits per heavy atom. The Morgan fingerprint density at radius 1 is 1.13 bits per heavy atom. The Bertz CT molecular complexity index is 1140. The summed E-state index contributed by atoms with van der Waals surface area (Å²) in [7, 11) is 0. The van der Waals surface area contributed by atoms with Crippen LogP contribution in [0.4, 0.5) is 0 Å². The van der Waals surface area contributed by atoms with E-state index in [1.807, 2.05) is 19.9 Å². The zero-order chi connectivity index (χ0) is 28.0. The highest BCUT2D eigenvalue weighted by atomic mass is 16.6. The highest BCUT2D eigenvalue weighted by molar-refractivity contribution is 5.85. The van der Waals surface area contributed by atoms with Crippen LogP contribution in [-0.2, 0) is 23.9 Å². The van der Waals surface area contributed by atoms with Crippen LogP contribution in [-0.4, -0.2) is 34.7 Å². The van der Waals surface area contributed by atoms with Gasteiger partial charge in [0, 0.05) is 30.9 Å². The van der Waals surface area contributed by atoms with Crippen LogP contribution in [0.5, 0.6) is 0 Å². The molecule has 208 valence electrons. The lowest BCUT2D eigenvalue weighted by Gasteiger charge is -2.52. The number of esters is 2. The van der Waals surface area contributed by atoms with Gasteiger partial charge in [0.2, 0.25) is 0 Å². The number of hydrogen-bond donors (Lipinski definition) is 1. The summed E-state index contributed by atoms with van der Waals surface area (Å²) in [6.45, 7) is 14.1. The minimum Gasteiger partial charge on any atom is -0.478 e. The van der Waals surface area contributed by atoms with Crippen molar-refractivity contribution in [1.29, 1.82) is 0 Å². The van der Waals surface area contributed by atoms with E-state index in [1.165, 1.54) is 18.1 Å². The second-order valence-electron chi connectivity index (χ2n) is 12.9. The quantitative estimate of drug-likeness (QED) is 0.307. The molecule has 0 aromatic rings. The van der Waals surface area contributed by atoms with Gasteiger partial charge in [0.1, 0.15) is 11.7 Å². The van der Waals surface area contributed by atoms with Crippen molar-refractivity contribution in [1.82, 2.24) is 0 Å². The van der Waals surface area contributed by atoms with Gasteiger partial charge in [-0.3, -0.25) is 4.79 Å². The molecular formula is C32H44O6. The van der Waals surface area contributed by atoms with Gasteiger partial charge >= 0.3 is 17.9 Å². The highest BCUT2D eigenvalue weighted by Gasteiger charge is 2.59. The van der Waals surface area contributed by atoms with Crippen molar-refractivity contribution in [3.05, 3.63) is 46.6 Å². The minimum atomic E-state index is -0.946. The third kappa shape index (κ3) is 4.91. The van der Waals surface area contributed by atoms with Gasteiger partial charge in [-0.25, -0.2) is 9.59 Å². The lowest BCUT2D eigenvalue weighted by molar-refractivity contribution is -0.154. The van der Waals surface area contributed by atoms with Gasteiger partial charge in [0.15, 0.2) is 0 Å². The largest absolute Gasteiger partial charge is 0.478 e. The molecular weight excluding hydrogens is 480 g/mol. The average molecular weight is 525 g/mol. The molecule has 1 aliphatic heterocycles. The number of aliphatic carboxylic acids is 1. The molecule has 0 radical (unpaired) electrons. The second-order valence-corrected chi connectivity index (χ2v) is 12.9. The summed E-state index contributed by atoms with van der Waals surface area (Å²) in [5.74, 6) is -0.944. The number of carboxylic acids is 1. The SMILES string of the molecule is CC(=O)O[C@@H](CC=C(C)C(=O)O)[C@@H](C)[C@H]1CC[C@@]2(C)C3=C(C=C4C=CC(=O)OC(C)(C)[C@@H]4CC3)CC[C@]12C. The molecule has 38 heavy (non-hydrogen) atoms. The monoisotopic (exact) mass is 524 g/mol. The van der Waals surface area contributed by atoms with Crippen LogP contribution in [0.25, 0.3) is 0 Å². The van der Waals surface area contributed by atoms with Gasteiger partial charge in [-0.1, -0.05) is 44.6 Å². The molecule has 6 nitrogen and oxygen atoms in total. The molecule has 6 atom stereocenters. The summed E-state index contributed by atoms with van der Waals surface area (Å²) in [5.41, 5.74) is 3.93. The zero-order valence-corrected chi connectivity index (χ0v) is 24.1. The topological polar surface area (TPSA) is 89.9 Å². The van der Waals surface area contributed by atoms with Crippen molar-refractivity contribution in [3.63, 3.8) is 0 Å². The predicted molar refractivity (Wildman–Crippen MR) is 146 cm³/mol. The molecule has 0 aromatic carbocycles. The number of fused-ring (bicyclic) bond motifs is 3. The molecule has 1 heterocycles. The number of allylic oxidation sites excluding steroid dienone is 4. The standard InChI is InChI=1S/C32H44O6/c1-19(29(35)36)8-12-27(37-21(3)33)20(2)24-15-17-32(7)26-11-10-25-22(9-13-28(34)38-30(25,4)5)18-23(26)14-16-31(24,32)6/h8-9,13,18,20,24-25,27H,10-12,14-17H2,1-7H3,(H,35,36)/t20-,24+,25+,27-,31+,32-/m0/s1. The first-order chi connectivity index (χ1) is 17.7. The van der Waals surface area contributed by atoms with Gasteiger partial charge in [0.05, 0.1) is 0 Å². The van der Waals surface area contributed by atoms with E-state index in [9.17, 15) is 19.5 Å². The Hall–Kier alpha value is -2.63. The fraction of sp³-hybridized carbons (Fsp3) is 0.656. The Labute approximate surface area is 227 Å². The van der Waals surface area contributed by atoms with E-state index in [-0.39, 0.29) is 46.3 Å². The number of carbonyl (C=O) groups excluding carboxylic acids is 2. The molecule has 1 saturated carbocycles. The van der Waals surface area contributed by atoms with E-state index < -0.39 is 11.6 Å². The smallest absolute Gasteiger partial charge is 0.331 e. The Balaban J connectivity index is 1.65. The maximum atomic E-state index is 12.2. The van der Waals surface area contributed by atoms with Gasteiger partial charge in [-0.05, 0) is 93.1 Å². The lowest BCUT2D eigenvalue weighted by Crippen LogP contribution is -2.45. The predicted octanol–water partition coefficient (Wildman–Crippen LogP) is 6.72. The van der Waals surface area contributed by atoms with E-state index in [4.69, 9.17) is 9.47 Å². The fourth-order valence-electron chi connectivity index (χ4n) is 8.17. The van der Waals surface area contributed by atoms with Gasteiger partial charge in [-0.2, -0.15) is 0 Å². The minimum absolute atomic E-state index is 0.0260. The molecule has 0 unspecified atom stereocenters. The van der Waals surface area contributed by atoms with E-state index >= 15 is 0 Å². The van der Waals surface area contributed by atoms with Gasteiger partial charge in [-0.15, -0.1) is 0 Å². The maximum Gasteiger partial charge on any atom is 0.331 e. The Kier molecular flexibility index (Phi) is 7.59. The first-order valence-corrected chi connectivity index (χ1v) is 14.1. The Morgan fingerprint density at radius 2 is 1.84 bits per heavy atom. The first-order valence-electron chi connectivity index (χ1n) is 14.1.